The molecule has 1 aliphatic rings. The summed E-state index contributed by atoms with van der Waals surface area (Å²) in [6, 6.07) is 11.4. The number of anilines is 1. The first kappa shape index (κ1) is 14.8. The highest BCUT2D eigenvalue weighted by Gasteiger charge is 2.28. The van der Waals surface area contributed by atoms with Crippen molar-refractivity contribution in [2.45, 2.75) is 16.6 Å². The lowest BCUT2D eigenvalue weighted by Crippen LogP contribution is -2.33. The zero-order valence-corrected chi connectivity index (χ0v) is 13.1. The molecule has 5 nitrogen and oxygen atoms in total. The van der Waals surface area contributed by atoms with E-state index in [2.05, 4.69) is 15.8 Å². The van der Waals surface area contributed by atoms with E-state index in [-0.39, 0.29) is 18.2 Å². The van der Waals surface area contributed by atoms with Crippen LogP contribution in [-0.2, 0) is 9.59 Å². The summed E-state index contributed by atoms with van der Waals surface area (Å²) in [6.07, 6.45) is 1.68. The van der Waals surface area contributed by atoms with E-state index in [4.69, 9.17) is 0 Å². The lowest BCUT2D eigenvalue weighted by atomic mass is 10.2. The second-order valence-electron chi connectivity index (χ2n) is 4.60. The Kier molecular flexibility index (Phi) is 4.55. The van der Waals surface area contributed by atoms with Crippen LogP contribution >= 0.6 is 23.1 Å². The average Bonchev–Trinajstić information content (AvgIpc) is 3.01. The van der Waals surface area contributed by atoms with Crippen LogP contribution in [0.3, 0.4) is 0 Å². The molecule has 112 valence electrons. The SMILES string of the molecule is O=C(CC1Sc2ccccc2NC1=O)N/N=C/c1cccs1. The van der Waals surface area contributed by atoms with Crippen LogP contribution in [0.4, 0.5) is 5.69 Å². The van der Waals surface area contributed by atoms with Crippen molar-refractivity contribution in [1.29, 1.82) is 0 Å². The number of para-hydroxylation sites is 1. The normalized spacial score (nSPS) is 17.1. The van der Waals surface area contributed by atoms with E-state index in [9.17, 15) is 9.59 Å². The number of fused-ring (bicyclic) bond motifs is 1. The Balaban J connectivity index is 1.57. The van der Waals surface area contributed by atoms with Gasteiger partial charge in [-0.05, 0) is 23.6 Å². The minimum Gasteiger partial charge on any atom is -0.324 e. The number of hydrogen-bond acceptors (Lipinski definition) is 5. The fraction of sp³-hybridized carbons (Fsp3) is 0.133. The molecule has 3 rings (SSSR count). The topological polar surface area (TPSA) is 70.6 Å². The molecule has 0 bridgehead atoms. The van der Waals surface area contributed by atoms with Gasteiger partial charge in [-0.25, -0.2) is 5.43 Å². The third-order valence-corrected chi connectivity index (χ3v) is 5.08. The molecule has 2 N–H and O–H groups in total. The van der Waals surface area contributed by atoms with Crippen LogP contribution in [0, 0.1) is 0 Å². The van der Waals surface area contributed by atoms with Crippen molar-refractivity contribution in [2.24, 2.45) is 5.10 Å². The fourth-order valence-corrected chi connectivity index (χ4v) is 3.67. The number of thioether (sulfide) groups is 1. The zero-order valence-electron chi connectivity index (χ0n) is 11.5. The monoisotopic (exact) mass is 331 g/mol. The van der Waals surface area contributed by atoms with Crippen LogP contribution in [0.25, 0.3) is 0 Å². The number of nitrogens with zero attached hydrogens (tertiary/aromatic N) is 1. The molecule has 2 heterocycles. The summed E-state index contributed by atoms with van der Waals surface area (Å²) >= 11 is 2.94. The van der Waals surface area contributed by atoms with E-state index in [0.29, 0.717) is 0 Å². The predicted octanol–water partition coefficient (Wildman–Crippen LogP) is 2.70. The Morgan fingerprint density at radius 1 is 1.32 bits per heavy atom. The molecule has 2 amide bonds. The Morgan fingerprint density at radius 3 is 3.00 bits per heavy atom. The molecule has 7 heteroatoms. The van der Waals surface area contributed by atoms with Crippen molar-refractivity contribution < 1.29 is 9.59 Å². The number of thiophene rings is 1. The van der Waals surface area contributed by atoms with Gasteiger partial charge in [0, 0.05) is 16.2 Å². The molecule has 22 heavy (non-hydrogen) atoms. The summed E-state index contributed by atoms with van der Waals surface area (Å²) in [7, 11) is 0. The van der Waals surface area contributed by atoms with Crippen molar-refractivity contribution in [3.63, 3.8) is 0 Å². The van der Waals surface area contributed by atoms with Gasteiger partial charge in [0.25, 0.3) is 0 Å². The number of benzene rings is 1. The first-order chi connectivity index (χ1) is 10.7. The quantitative estimate of drug-likeness (QED) is 0.668. The van der Waals surface area contributed by atoms with Crippen molar-refractivity contribution in [1.82, 2.24) is 5.43 Å². The maximum atomic E-state index is 12.0. The second-order valence-corrected chi connectivity index (χ2v) is 6.83. The van der Waals surface area contributed by atoms with Gasteiger partial charge in [-0.3, -0.25) is 9.59 Å². The van der Waals surface area contributed by atoms with Gasteiger partial charge < -0.3 is 5.32 Å². The Hall–Kier alpha value is -2.12. The summed E-state index contributed by atoms with van der Waals surface area (Å²) in [4.78, 5) is 25.8. The molecule has 1 aromatic heterocycles. The van der Waals surface area contributed by atoms with Crippen molar-refractivity contribution in [2.75, 3.05) is 5.32 Å². The van der Waals surface area contributed by atoms with Crippen LogP contribution in [0.1, 0.15) is 11.3 Å². The maximum absolute atomic E-state index is 12.0. The highest BCUT2D eigenvalue weighted by Crippen LogP contribution is 2.36. The molecule has 1 unspecified atom stereocenters. The van der Waals surface area contributed by atoms with Crippen LogP contribution in [0.5, 0.6) is 0 Å². The number of amides is 2. The van der Waals surface area contributed by atoms with Crippen LogP contribution < -0.4 is 10.7 Å². The fourth-order valence-electron chi connectivity index (χ4n) is 1.97. The molecule has 1 aromatic carbocycles. The van der Waals surface area contributed by atoms with E-state index < -0.39 is 5.25 Å². The second kappa shape index (κ2) is 6.76. The van der Waals surface area contributed by atoms with Crippen molar-refractivity contribution >= 4 is 46.8 Å². The van der Waals surface area contributed by atoms with Gasteiger partial charge in [-0.2, -0.15) is 5.10 Å². The van der Waals surface area contributed by atoms with Crippen molar-refractivity contribution in [3.8, 4) is 0 Å². The molecule has 1 atom stereocenters. The zero-order chi connectivity index (χ0) is 15.4. The number of hydrazone groups is 1. The molecule has 0 saturated heterocycles. The molecule has 0 aliphatic carbocycles. The molecule has 2 aromatic rings. The Morgan fingerprint density at radius 2 is 2.18 bits per heavy atom. The van der Waals surface area contributed by atoms with Gasteiger partial charge in [-0.1, -0.05) is 18.2 Å². The number of rotatable bonds is 4. The number of hydrogen-bond donors (Lipinski definition) is 2. The van der Waals surface area contributed by atoms with E-state index in [1.807, 2.05) is 41.8 Å². The van der Waals surface area contributed by atoms with Gasteiger partial charge in [0.05, 0.1) is 17.2 Å². The summed E-state index contributed by atoms with van der Waals surface area (Å²) in [6.45, 7) is 0. The predicted molar refractivity (Wildman–Crippen MR) is 89.4 cm³/mol. The van der Waals surface area contributed by atoms with E-state index in [0.717, 1.165) is 15.5 Å². The number of carbonyl (C=O) groups excluding carboxylic acids is 2. The van der Waals surface area contributed by atoms with Crippen LogP contribution in [0.2, 0.25) is 0 Å². The summed E-state index contributed by atoms with van der Waals surface area (Å²) in [5.41, 5.74) is 3.25. The largest absolute Gasteiger partial charge is 0.324 e. The van der Waals surface area contributed by atoms with Gasteiger partial charge >= 0.3 is 0 Å². The molecule has 0 spiro atoms. The lowest BCUT2D eigenvalue weighted by Gasteiger charge is -2.23. The smallest absolute Gasteiger partial charge is 0.241 e. The lowest BCUT2D eigenvalue weighted by molar-refractivity contribution is -0.124. The highest BCUT2D eigenvalue weighted by molar-refractivity contribution is 8.01. The molecular formula is C15H13N3O2S2. The summed E-state index contributed by atoms with van der Waals surface area (Å²) in [5.74, 6) is -0.430. The number of carbonyl (C=O) groups is 2. The van der Waals surface area contributed by atoms with Gasteiger partial charge in [0.2, 0.25) is 11.8 Å². The minimum atomic E-state index is -0.438. The first-order valence-electron chi connectivity index (χ1n) is 6.64. The average molecular weight is 331 g/mol. The standard InChI is InChI=1S/C15H13N3O2S2/c19-14(18-16-9-10-4-3-7-21-10)8-13-15(20)17-11-5-1-2-6-12(11)22-13/h1-7,9,13H,8H2,(H,17,20)(H,18,19)/b16-9+. The summed E-state index contributed by atoms with van der Waals surface area (Å²) in [5, 5.41) is 8.21. The Bertz CT molecular complexity index is 713. The first-order valence-corrected chi connectivity index (χ1v) is 8.40. The Labute approximate surface area is 135 Å². The van der Waals surface area contributed by atoms with E-state index in [1.54, 1.807) is 6.21 Å². The highest BCUT2D eigenvalue weighted by atomic mass is 32.2. The molecule has 1 aliphatic heterocycles. The van der Waals surface area contributed by atoms with Crippen molar-refractivity contribution in [3.05, 3.63) is 46.7 Å². The van der Waals surface area contributed by atoms with E-state index >= 15 is 0 Å². The van der Waals surface area contributed by atoms with Gasteiger partial charge in [0.15, 0.2) is 0 Å². The third kappa shape index (κ3) is 3.55. The van der Waals surface area contributed by atoms with Crippen LogP contribution in [0.15, 0.2) is 51.8 Å². The maximum Gasteiger partial charge on any atom is 0.241 e. The van der Waals surface area contributed by atoms with Crippen LogP contribution in [-0.4, -0.2) is 23.3 Å². The summed E-state index contributed by atoms with van der Waals surface area (Å²) < 4.78 is 0. The minimum absolute atomic E-state index is 0.0899. The van der Waals surface area contributed by atoms with Gasteiger partial charge in [0.1, 0.15) is 0 Å². The number of nitrogens with one attached hydrogen (secondary N) is 2. The molecule has 0 saturated carbocycles. The molecule has 0 fully saturated rings. The molecular weight excluding hydrogens is 318 g/mol. The van der Waals surface area contributed by atoms with Gasteiger partial charge in [-0.15, -0.1) is 23.1 Å². The molecule has 0 radical (unpaired) electrons. The third-order valence-electron chi connectivity index (χ3n) is 3.00. The van der Waals surface area contributed by atoms with E-state index in [1.165, 1.54) is 23.1 Å².